The highest BCUT2D eigenvalue weighted by molar-refractivity contribution is 14.1. The molecule has 0 fully saturated rings. The standard InChI is InChI=1S/C23H19IN2O4S/c1-3-30-22(29)19-13(2)25-23-26(20(19)14-7-5-4-6-8-14)21(28)18(31-23)12-15-11-16(24)9-10-17(15)27/h4-12,20,27H,3H2,1-2H3/b18-12-/t20-/m0/s1. The third-order valence-corrected chi connectivity index (χ3v) is 6.56. The van der Waals surface area contributed by atoms with Crippen LogP contribution in [0.2, 0.25) is 0 Å². The van der Waals surface area contributed by atoms with E-state index in [2.05, 4.69) is 27.6 Å². The van der Waals surface area contributed by atoms with Crippen molar-refractivity contribution in [3.05, 3.63) is 94.2 Å². The average molecular weight is 546 g/mol. The number of hydrogen-bond donors (Lipinski definition) is 1. The van der Waals surface area contributed by atoms with Crippen LogP contribution in [0.1, 0.15) is 31.0 Å². The molecule has 0 spiro atoms. The second kappa shape index (κ2) is 8.80. The van der Waals surface area contributed by atoms with Gasteiger partial charge in [-0.3, -0.25) is 9.36 Å². The zero-order valence-electron chi connectivity index (χ0n) is 16.8. The molecule has 0 saturated carbocycles. The summed E-state index contributed by atoms with van der Waals surface area (Å²) >= 11 is 3.38. The minimum Gasteiger partial charge on any atom is -0.507 e. The molecule has 8 heteroatoms. The molecule has 0 amide bonds. The molecule has 3 aromatic rings. The van der Waals surface area contributed by atoms with E-state index in [1.54, 1.807) is 38.1 Å². The van der Waals surface area contributed by atoms with Crippen LogP contribution >= 0.6 is 33.9 Å². The molecular weight excluding hydrogens is 527 g/mol. The van der Waals surface area contributed by atoms with Gasteiger partial charge in [0.15, 0.2) is 4.80 Å². The molecule has 0 saturated heterocycles. The van der Waals surface area contributed by atoms with Crippen molar-refractivity contribution in [3.63, 3.8) is 0 Å². The molecule has 1 aliphatic rings. The topological polar surface area (TPSA) is 80.9 Å². The smallest absolute Gasteiger partial charge is 0.338 e. The molecule has 2 aromatic carbocycles. The van der Waals surface area contributed by atoms with Gasteiger partial charge in [-0.15, -0.1) is 0 Å². The van der Waals surface area contributed by atoms with E-state index in [1.165, 1.54) is 15.9 Å². The van der Waals surface area contributed by atoms with Crippen LogP contribution in [0.3, 0.4) is 0 Å². The fourth-order valence-corrected chi connectivity index (χ4v) is 5.08. The molecule has 0 aliphatic carbocycles. The molecule has 6 nitrogen and oxygen atoms in total. The van der Waals surface area contributed by atoms with Crippen molar-refractivity contribution in [1.29, 1.82) is 0 Å². The molecule has 0 bridgehead atoms. The van der Waals surface area contributed by atoms with Crippen molar-refractivity contribution in [2.24, 2.45) is 4.99 Å². The van der Waals surface area contributed by atoms with E-state index >= 15 is 0 Å². The number of halogens is 1. The van der Waals surface area contributed by atoms with Gasteiger partial charge >= 0.3 is 5.97 Å². The Morgan fingerprint density at radius 1 is 1.29 bits per heavy atom. The van der Waals surface area contributed by atoms with E-state index in [9.17, 15) is 14.7 Å². The van der Waals surface area contributed by atoms with Gasteiger partial charge in [0.25, 0.3) is 5.56 Å². The maximum atomic E-state index is 13.5. The largest absolute Gasteiger partial charge is 0.507 e. The predicted octanol–water partition coefficient (Wildman–Crippen LogP) is 3.11. The Balaban J connectivity index is 1.97. The lowest BCUT2D eigenvalue weighted by Crippen LogP contribution is -2.39. The molecule has 0 radical (unpaired) electrons. The number of aromatic nitrogens is 1. The first-order chi connectivity index (χ1) is 14.9. The van der Waals surface area contributed by atoms with Crippen LogP contribution < -0.4 is 14.9 Å². The number of benzene rings is 2. The van der Waals surface area contributed by atoms with Crippen LogP contribution in [0.5, 0.6) is 5.75 Å². The quantitative estimate of drug-likeness (QED) is 0.403. The van der Waals surface area contributed by atoms with Gasteiger partial charge in [0.1, 0.15) is 5.75 Å². The summed E-state index contributed by atoms with van der Waals surface area (Å²) in [6, 6.07) is 13.9. The number of aromatic hydroxyl groups is 1. The zero-order valence-corrected chi connectivity index (χ0v) is 19.8. The normalized spacial score (nSPS) is 16.1. The number of nitrogens with zero attached hydrogens (tertiary/aromatic N) is 2. The van der Waals surface area contributed by atoms with Gasteiger partial charge in [-0.25, -0.2) is 9.79 Å². The van der Waals surface area contributed by atoms with Crippen LogP contribution in [0.15, 0.2) is 69.6 Å². The van der Waals surface area contributed by atoms with Crippen molar-refractivity contribution < 1.29 is 14.6 Å². The second-order valence-corrected chi connectivity index (χ2v) is 9.17. The maximum absolute atomic E-state index is 13.5. The fraction of sp³-hybridized carbons (Fsp3) is 0.174. The summed E-state index contributed by atoms with van der Waals surface area (Å²) in [4.78, 5) is 31.3. The van der Waals surface area contributed by atoms with Gasteiger partial charge in [0.2, 0.25) is 0 Å². The van der Waals surface area contributed by atoms with Crippen LogP contribution in [0.4, 0.5) is 0 Å². The summed E-state index contributed by atoms with van der Waals surface area (Å²) in [5.74, 6) is -0.392. The summed E-state index contributed by atoms with van der Waals surface area (Å²) in [5, 5.41) is 10.2. The second-order valence-electron chi connectivity index (χ2n) is 6.92. The third kappa shape index (κ3) is 4.09. The van der Waals surface area contributed by atoms with E-state index in [0.29, 0.717) is 26.2 Å². The number of allylic oxidation sites excluding steroid dienone is 1. The van der Waals surface area contributed by atoms with Gasteiger partial charge in [0, 0.05) is 9.13 Å². The average Bonchev–Trinajstić information content (AvgIpc) is 3.05. The van der Waals surface area contributed by atoms with Crippen molar-refractivity contribution in [2.45, 2.75) is 19.9 Å². The number of carbonyl (C=O) groups is 1. The number of thiazole rings is 1. The molecule has 31 heavy (non-hydrogen) atoms. The number of fused-ring (bicyclic) bond motifs is 1. The number of carbonyl (C=O) groups excluding carboxylic acids is 1. The van der Waals surface area contributed by atoms with E-state index in [0.717, 1.165) is 9.13 Å². The molecule has 1 atom stereocenters. The van der Waals surface area contributed by atoms with Crippen molar-refractivity contribution in [2.75, 3.05) is 6.61 Å². The summed E-state index contributed by atoms with van der Waals surface area (Å²) in [7, 11) is 0. The van der Waals surface area contributed by atoms with E-state index in [4.69, 9.17) is 4.74 Å². The first kappa shape index (κ1) is 21.5. The molecule has 0 unspecified atom stereocenters. The summed E-state index contributed by atoms with van der Waals surface area (Å²) < 4.78 is 8.18. The van der Waals surface area contributed by atoms with Gasteiger partial charge in [-0.2, -0.15) is 0 Å². The highest BCUT2D eigenvalue weighted by Gasteiger charge is 2.33. The molecule has 1 N–H and O–H groups in total. The first-order valence-corrected chi connectivity index (χ1v) is 11.5. The fourth-order valence-electron chi connectivity index (χ4n) is 3.52. The monoisotopic (exact) mass is 546 g/mol. The molecule has 4 rings (SSSR count). The SMILES string of the molecule is CCOC(=O)C1=C(C)N=c2s/c(=C\c3cc(I)ccc3O)c(=O)n2[C@H]1c1ccccc1. The Bertz CT molecular complexity index is 1370. The summed E-state index contributed by atoms with van der Waals surface area (Å²) in [6.07, 6.45) is 1.66. The lowest BCUT2D eigenvalue weighted by Gasteiger charge is -2.24. The van der Waals surface area contributed by atoms with Crippen LogP contribution in [0, 0.1) is 3.57 Å². The van der Waals surface area contributed by atoms with Gasteiger partial charge < -0.3 is 9.84 Å². The maximum Gasteiger partial charge on any atom is 0.338 e. The van der Waals surface area contributed by atoms with Crippen molar-refractivity contribution in [1.82, 2.24) is 4.57 Å². The number of ether oxygens (including phenoxy) is 1. The highest BCUT2D eigenvalue weighted by atomic mass is 127. The Labute approximate surface area is 196 Å². The van der Waals surface area contributed by atoms with E-state index < -0.39 is 12.0 Å². The zero-order chi connectivity index (χ0) is 22.1. The van der Waals surface area contributed by atoms with Gasteiger partial charge in [-0.05, 0) is 66.3 Å². The Morgan fingerprint density at radius 2 is 2.03 bits per heavy atom. The minimum absolute atomic E-state index is 0.0919. The van der Waals surface area contributed by atoms with E-state index in [-0.39, 0.29) is 17.9 Å². The molecule has 158 valence electrons. The molecule has 1 aromatic heterocycles. The minimum atomic E-state index is -0.636. The predicted molar refractivity (Wildman–Crippen MR) is 128 cm³/mol. The number of rotatable bonds is 4. The highest BCUT2D eigenvalue weighted by Crippen LogP contribution is 2.30. The Kier molecular flexibility index (Phi) is 6.10. The van der Waals surface area contributed by atoms with Crippen molar-refractivity contribution in [3.8, 4) is 5.75 Å². The number of phenolic OH excluding ortho intramolecular Hbond substituents is 1. The Hall–Kier alpha value is -2.72. The van der Waals surface area contributed by atoms with Crippen LogP contribution in [0.25, 0.3) is 6.08 Å². The van der Waals surface area contributed by atoms with Crippen molar-refractivity contribution >= 4 is 46.0 Å². The third-order valence-electron chi connectivity index (χ3n) is 4.91. The van der Waals surface area contributed by atoms with E-state index in [1.807, 2.05) is 30.3 Å². The Morgan fingerprint density at radius 3 is 2.74 bits per heavy atom. The van der Waals surface area contributed by atoms with Gasteiger partial charge in [0.05, 0.1) is 28.5 Å². The molecule has 2 heterocycles. The summed E-state index contributed by atoms with van der Waals surface area (Å²) in [6.45, 7) is 3.73. The van der Waals surface area contributed by atoms with Crippen LogP contribution in [-0.4, -0.2) is 22.2 Å². The number of hydrogen-bond acceptors (Lipinski definition) is 6. The lowest BCUT2D eigenvalue weighted by atomic mass is 9.96. The van der Waals surface area contributed by atoms with Crippen LogP contribution in [-0.2, 0) is 9.53 Å². The number of esters is 1. The molecule has 1 aliphatic heterocycles. The number of phenols is 1. The lowest BCUT2D eigenvalue weighted by molar-refractivity contribution is -0.139. The van der Waals surface area contributed by atoms with Gasteiger partial charge in [-0.1, -0.05) is 41.7 Å². The first-order valence-electron chi connectivity index (χ1n) is 9.64. The molecular formula is C23H19IN2O4S. The summed E-state index contributed by atoms with van der Waals surface area (Å²) in [5.41, 5.74) is 1.95.